The number of nitrogens with one attached hydrogen (secondary N) is 1. The van der Waals surface area contributed by atoms with E-state index in [9.17, 15) is 9.59 Å². The zero-order valence-corrected chi connectivity index (χ0v) is 21.6. The van der Waals surface area contributed by atoms with E-state index in [1.807, 2.05) is 63.2 Å². The molecule has 2 aromatic heterocycles. The number of thioether (sulfide) groups is 1. The highest BCUT2D eigenvalue weighted by Crippen LogP contribution is 2.38. The minimum Gasteiger partial charge on any atom is -0.382 e. The van der Waals surface area contributed by atoms with Crippen molar-refractivity contribution in [2.24, 2.45) is 0 Å². The molecule has 7 nitrogen and oxygen atoms in total. The van der Waals surface area contributed by atoms with Gasteiger partial charge in [0.15, 0.2) is 0 Å². The van der Waals surface area contributed by atoms with Crippen LogP contribution in [0.2, 0.25) is 0 Å². The molecular formula is C26H28N4O3S2. The van der Waals surface area contributed by atoms with E-state index in [0.717, 1.165) is 17.5 Å². The first-order chi connectivity index (χ1) is 16.9. The fraction of sp³-hybridized carbons (Fsp3) is 0.308. The molecule has 0 spiro atoms. The molecule has 0 saturated carbocycles. The lowest BCUT2D eigenvalue weighted by molar-refractivity contribution is -0.123. The van der Waals surface area contributed by atoms with Crippen LogP contribution in [0.3, 0.4) is 0 Å². The summed E-state index contributed by atoms with van der Waals surface area (Å²) in [6.45, 7) is 7.67. The minimum absolute atomic E-state index is 0.215. The number of fused-ring (bicyclic) bond motifs is 1. The number of amides is 1. The molecule has 0 bridgehead atoms. The van der Waals surface area contributed by atoms with E-state index in [2.05, 4.69) is 5.32 Å². The molecule has 35 heavy (non-hydrogen) atoms. The fourth-order valence-corrected chi connectivity index (χ4v) is 5.33. The van der Waals surface area contributed by atoms with Crippen LogP contribution in [0.1, 0.15) is 43.0 Å². The van der Waals surface area contributed by atoms with Gasteiger partial charge in [-0.25, -0.2) is 4.98 Å². The lowest BCUT2D eigenvalue weighted by atomic mass is 10.1. The highest BCUT2D eigenvalue weighted by atomic mass is 32.2. The summed E-state index contributed by atoms with van der Waals surface area (Å²) < 4.78 is 7.39. The van der Waals surface area contributed by atoms with Crippen LogP contribution < -0.4 is 10.9 Å². The third kappa shape index (κ3) is 5.32. The number of hydrogen-bond donors (Lipinski definition) is 1. The van der Waals surface area contributed by atoms with Crippen LogP contribution in [-0.2, 0) is 9.53 Å². The molecule has 1 aromatic carbocycles. The number of rotatable bonds is 9. The quantitative estimate of drug-likeness (QED) is 0.253. The summed E-state index contributed by atoms with van der Waals surface area (Å²) in [7, 11) is 0. The van der Waals surface area contributed by atoms with Gasteiger partial charge in [-0.2, -0.15) is 0 Å². The molecule has 0 radical (unpaired) electrons. The Hall–Kier alpha value is -3.01. The minimum atomic E-state index is -0.243. The van der Waals surface area contributed by atoms with Crippen molar-refractivity contribution < 1.29 is 9.53 Å². The first-order valence-corrected chi connectivity index (χ1v) is 12.8. The number of hydrogen-bond acceptors (Lipinski definition) is 7. The van der Waals surface area contributed by atoms with Crippen LogP contribution in [0.25, 0.3) is 11.7 Å². The molecule has 1 fully saturated rings. The summed E-state index contributed by atoms with van der Waals surface area (Å²) in [4.78, 5) is 33.6. The molecular weight excluding hydrogens is 480 g/mol. The van der Waals surface area contributed by atoms with Crippen molar-refractivity contribution >= 4 is 51.7 Å². The summed E-state index contributed by atoms with van der Waals surface area (Å²) in [5.41, 5.74) is 2.54. The van der Waals surface area contributed by atoms with Crippen LogP contribution >= 0.6 is 24.0 Å². The van der Waals surface area contributed by atoms with Crippen molar-refractivity contribution in [2.75, 3.05) is 25.1 Å². The Morgan fingerprint density at radius 3 is 2.71 bits per heavy atom. The number of ether oxygens (including phenoxy) is 1. The van der Waals surface area contributed by atoms with Crippen LogP contribution in [-0.4, -0.2) is 44.3 Å². The van der Waals surface area contributed by atoms with Crippen molar-refractivity contribution in [3.63, 3.8) is 0 Å². The van der Waals surface area contributed by atoms with E-state index < -0.39 is 0 Å². The van der Waals surface area contributed by atoms with E-state index in [1.165, 1.54) is 16.2 Å². The van der Waals surface area contributed by atoms with Crippen molar-refractivity contribution in [1.82, 2.24) is 14.3 Å². The second-order valence-corrected chi connectivity index (χ2v) is 9.86. The molecule has 0 aliphatic carbocycles. The number of anilines is 1. The van der Waals surface area contributed by atoms with Crippen LogP contribution in [0.5, 0.6) is 0 Å². The summed E-state index contributed by atoms with van der Waals surface area (Å²) in [5, 5.41) is 3.28. The average Bonchev–Trinajstić information content (AvgIpc) is 3.14. The van der Waals surface area contributed by atoms with Crippen molar-refractivity contribution in [3.05, 3.63) is 80.6 Å². The lowest BCUT2D eigenvalue weighted by Gasteiger charge is -2.23. The maximum atomic E-state index is 13.5. The standard InChI is InChI=1S/C26H28N4O3S2/c1-4-33-15-9-13-27-22-20(24(31)29-14-8-10-17(2)23(29)28-22)16-21-25(32)30(26(34)35-21)18(3)19-11-6-5-7-12-19/h5-8,10-12,14,16,18,27H,4,9,13,15H2,1-3H3/b21-16-/t18-/m0/s1. The number of carbonyl (C=O) groups is 1. The highest BCUT2D eigenvalue weighted by molar-refractivity contribution is 8.26. The largest absolute Gasteiger partial charge is 0.382 e. The van der Waals surface area contributed by atoms with Gasteiger partial charge in [-0.05, 0) is 50.5 Å². The Morgan fingerprint density at radius 2 is 1.97 bits per heavy atom. The third-order valence-corrected chi connectivity index (χ3v) is 7.14. The molecule has 182 valence electrons. The van der Waals surface area contributed by atoms with Crippen LogP contribution in [0.15, 0.2) is 58.4 Å². The maximum Gasteiger partial charge on any atom is 0.267 e. The Labute approximate surface area is 214 Å². The number of aryl methyl sites for hydroxylation is 1. The van der Waals surface area contributed by atoms with Gasteiger partial charge in [0.1, 0.15) is 15.8 Å². The van der Waals surface area contributed by atoms with E-state index >= 15 is 0 Å². The van der Waals surface area contributed by atoms with Crippen molar-refractivity contribution in [3.8, 4) is 0 Å². The van der Waals surface area contributed by atoms with Gasteiger partial charge in [-0.1, -0.05) is 60.4 Å². The van der Waals surface area contributed by atoms with Gasteiger partial charge in [-0.3, -0.25) is 18.9 Å². The molecule has 4 rings (SSSR count). The Morgan fingerprint density at radius 1 is 1.20 bits per heavy atom. The van der Waals surface area contributed by atoms with E-state index in [4.69, 9.17) is 21.9 Å². The van der Waals surface area contributed by atoms with Crippen molar-refractivity contribution in [1.29, 1.82) is 0 Å². The van der Waals surface area contributed by atoms with Gasteiger partial charge in [0.25, 0.3) is 11.5 Å². The number of pyridine rings is 1. The van der Waals surface area contributed by atoms with Gasteiger partial charge >= 0.3 is 0 Å². The monoisotopic (exact) mass is 508 g/mol. The molecule has 1 saturated heterocycles. The molecule has 1 aliphatic rings. The first kappa shape index (κ1) is 25.1. The predicted octanol–water partition coefficient (Wildman–Crippen LogP) is 4.80. The number of aromatic nitrogens is 2. The summed E-state index contributed by atoms with van der Waals surface area (Å²) in [6.07, 6.45) is 4.07. The summed E-state index contributed by atoms with van der Waals surface area (Å²) in [6, 6.07) is 13.3. The summed E-state index contributed by atoms with van der Waals surface area (Å²) in [5.74, 6) is 0.231. The van der Waals surface area contributed by atoms with Gasteiger partial charge in [-0.15, -0.1) is 0 Å². The van der Waals surface area contributed by atoms with Gasteiger partial charge in [0.05, 0.1) is 16.5 Å². The SMILES string of the molecule is CCOCCCNc1nc2c(C)cccn2c(=O)c1/C=C1\SC(=S)N([C@@H](C)c2ccccc2)C1=O. The second kappa shape index (κ2) is 11.2. The predicted molar refractivity (Wildman–Crippen MR) is 146 cm³/mol. The third-order valence-electron chi connectivity index (χ3n) is 5.81. The molecule has 9 heteroatoms. The number of benzene rings is 1. The number of thiocarbonyl (C=S) groups is 1. The molecule has 1 N–H and O–H groups in total. The van der Waals surface area contributed by atoms with Crippen LogP contribution in [0, 0.1) is 6.92 Å². The van der Waals surface area contributed by atoms with E-state index in [0.29, 0.717) is 46.0 Å². The lowest BCUT2D eigenvalue weighted by Crippen LogP contribution is -2.31. The zero-order valence-electron chi connectivity index (χ0n) is 20.0. The molecule has 1 atom stereocenters. The average molecular weight is 509 g/mol. The summed E-state index contributed by atoms with van der Waals surface area (Å²) >= 11 is 6.76. The van der Waals surface area contributed by atoms with Gasteiger partial charge in [0.2, 0.25) is 0 Å². The van der Waals surface area contributed by atoms with Gasteiger partial charge in [0, 0.05) is 26.0 Å². The Kier molecular flexibility index (Phi) is 8.00. The van der Waals surface area contributed by atoms with E-state index in [1.54, 1.807) is 17.2 Å². The maximum absolute atomic E-state index is 13.5. The Balaban J connectivity index is 1.71. The number of nitrogens with zero attached hydrogens (tertiary/aromatic N) is 3. The molecule has 0 unspecified atom stereocenters. The molecule has 1 aliphatic heterocycles. The molecule has 1 amide bonds. The zero-order chi connectivity index (χ0) is 24.9. The smallest absolute Gasteiger partial charge is 0.267 e. The van der Waals surface area contributed by atoms with Crippen molar-refractivity contribution in [2.45, 2.75) is 33.2 Å². The molecule has 3 aromatic rings. The Bertz CT molecular complexity index is 1340. The topological polar surface area (TPSA) is 75.9 Å². The normalized spacial score (nSPS) is 15.9. The van der Waals surface area contributed by atoms with Gasteiger partial charge < -0.3 is 10.1 Å². The molecule has 3 heterocycles. The highest BCUT2D eigenvalue weighted by Gasteiger charge is 2.36. The number of carbonyl (C=O) groups excluding carboxylic acids is 1. The first-order valence-electron chi connectivity index (χ1n) is 11.6. The fourth-order valence-electron chi connectivity index (χ4n) is 3.93. The van der Waals surface area contributed by atoms with Crippen LogP contribution in [0.4, 0.5) is 5.82 Å². The second-order valence-electron chi connectivity index (χ2n) is 8.18. The van der Waals surface area contributed by atoms with E-state index in [-0.39, 0.29) is 17.5 Å².